The molecule has 2 aliphatic rings. The second kappa shape index (κ2) is 6.18. The van der Waals surface area contributed by atoms with Gasteiger partial charge in [-0.3, -0.25) is 4.79 Å². The Bertz CT molecular complexity index is 518. The number of hydrogen-bond donors (Lipinski definition) is 2. The van der Waals surface area contributed by atoms with Gasteiger partial charge in [0.15, 0.2) is 0 Å². The summed E-state index contributed by atoms with van der Waals surface area (Å²) in [4.78, 5) is 12.4. The van der Waals surface area contributed by atoms with Crippen molar-refractivity contribution in [2.45, 2.75) is 64.0 Å². The van der Waals surface area contributed by atoms with Gasteiger partial charge in [-0.25, -0.2) is 0 Å². The van der Waals surface area contributed by atoms with E-state index in [1.54, 1.807) is 0 Å². The van der Waals surface area contributed by atoms with E-state index < -0.39 is 0 Å². The standard InChI is InChI=1S/C18H26N2O/c1-12(2)14-9-8-13-5-3-6-16(15(13)11-14)20-18(21)17-7-4-10-19-17/h8-9,11-12,16-17,19H,3-7,10H2,1-2H3,(H,20,21)/t16-,17?/m1/s1. The van der Waals surface area contributed by atoms with E-state index in [9.17, 15) is 4.79 Å². The summed E-state index contributed by atoms with van der Waals surface area (Å²) in [6.07, 6.45) is 5.44. The molecule has 0 radical (unpaired) electrons. The van der Waals surface area contributed by atoms with E-state index in [0.29, 0.717) is 5.92 Å². The zero-order valence-corrected chi connectivity index (χ0v) is 13.1. The van der Waals surface area contributed by atoms with Crippen molar-refractivity contribution in [3.05, 3.63) is 34.9 Å². The van der Waals surface area contributed by atoms with Gasteiger partial charge < -0.3 is 10.6 Å². The van der Waals surface area contributed by atoms with E-state index >= 15 is 0 Å². The Labute approximate surface area is 127 Å². The molecule has 0 bridgehead atoms. The van der Waals surface area contributed by atoms with Gasteiger partial charge in [0.25, 0.3) is 0 Å². The topological polar surface area (TPSA) is 41.1 Å². The zero-order chi connectivity index (χ0) is 14.8. The van der Waals surface area contributed by atoms with Crippen LogP contribution in [-0.2, 0) is 11.2 Å². The molecular formula is C18H26N2O. The number of benzene rings is 1. The number of aryl methyl sites for hydroxylation is 1. The first kappa shape index (κ1) is 14.6. The molecule has 3 heteroatoms. The van der Waals surface area contributed by atoms with Crippen LogP contribution in [0.5, 0.6) is 0 Å². The summed E-state index contributed by atoms with van der Waals surface area (Å²) < 4.78 is 0. The molecule has 21 heavy (non-hydrogen) atoms. The van der Waals surface area contributed by atoms with Crippen LogP contribution in [0.4, 0.5) is 0 Å². The molecule has 1 amide bonds. The molecule has 1 heterocycles. The molecule has 0 aromatic heterocycles. The summed E-state index contributed by atoms with van der Waals surface area (Å²) in [5, 5.41) is 6.57. The lowest BCUT2D eigenvalue weighted by molar-refractivity contribution is -0.123. The monoisotopic (exact) mass is 286 g/mol. The Morgan fingerprint density at radius 3 is 2.86 bits per heavy atom. The summed E-state index contributed by atoms with van der Waals surface area (Å²) in [7, 11) is 0. The summed E-state index contributed by atoms with van der Waals surface area (Å²) in [5.41, 5.74) is 4.13. The molecule has 2 N–H and O–H groups in total. The zero-order valence-electron chi connectivity index (χ0n) is 13.1. The second-order valence-corrected chi connectivity index (χ2v) is 6.72. The summed E-state index contributed by atoms with van der Waals surface area (Å²) in [6.45, 7) is 5.41. The lowest BCUT2D eigenvalue weighted by Gasteiger charge is -2.28. The highest BCUT2D eigenvalue weighted by Gasteiger charge is 2.27. The Kier molecular flexibility index (Phi) is 4.29. The highest BCUT2D eigenvalue weighted by atomic mass is 16.2. The Balaban J connectivity index is 1.78. The molecule has 3 rings (SSSR count). The van der Waals surface area contributed by atoms with Crippen molar-refractivity contribution in [3.63, 3.8) is 0 Å². The van der Waals surface area contributed by atoms with E-state index in [2.05, 4.69) is 42.7 Å². The van der Waals surface area contributed by atoms with Crippen LogP contribution in [0, 0.1) is 0 Å². The van der Waals surface area contributed by atoms with Crippen LogP contribution < -0.4 is 10.6 Å². The first-order valence-corrected chi connectivity index (χ1v) is 8.31. The lowest BCUT2D eigenvalue weighted by Crippen LogP contribution is -2.42. The molecule has 114 valence electrons. The largest absolute Gasteiger partial charge is 0.348 e. The molecule has 1 aliphatic carbocycles. The van der Waals surface area contributed by atoms with Crippen LogP contribution in [0.25, 0.3) is 0 Å². The van der Waals surface area contributed by atoms with Crippen LogP contribution in [-0.4, -0.2) is 18.5 Å². The number of nitrogens with one attached hydrogen (secondary N) is 2. The van der Waals surface area contributed by atoms with Gasteiger partial charge in [-0.15, -0.1) is 0 Å². The molecule has 1 aromatic carbocycles. The van der Waals surface area contributed by atoms with Gasteiger partial charge in [0.2, 0.25) is 5.91 Å². The average Bonchev–Trinajstić information content (AvgIpc) is 3.01. The first-order valence-electron chi connectivity index (χ1n) is 8.31. The maximum absolute atomic E-state index is 12.4. The van der Waals surface area contributed by atoms with Gasteiger partial charge in [0.05, 0.1) is 12.1 Å². The molecule has 1 unspecified atom stereocenters. The maximum atomic E-state index is 12.4. The van der Waals surface area contributed by atoms with Gasteiger partial charge >= 0.3 is 0 Å². The second-order valence-electron chi connectivity index (χ2n) is 6.72. The first-order chi connectivity index (χ1) is 10.1. The summed E-state index contributed by atoms with van der Waals surface area (Å²) in [5.74, 6) is 0.713. The van der Waals surface area contributed by atoms with E-state index in [1.165, 1.54) is 16.7 Å². The van der Waals surface area contributed by atoms with Crippen LogP contribution >= 0.6 is 0 Å². The van der Waals surface area contributed by atoms with Crippen molar-refractivity contribution in [1.29, 1.82) is 0 Å². The van der Waals surface area contributed by atoms with Crippen LogP contribution in [0.3, 0.4) is 0 Å². The van der Waals surface area contributed by atoms with E-state index in [0.717, 1.165) is 38.6 Å². The van der Waals surface area contributed by atoms with Crippen molar-refractivity contribution in [2.24, 2.45) is 0 Å². The molecule has 2 atom stereocenters. The maximum Gasteiger partial charge on any atom is 0.237 e. The smallest absolute Gasteiger partial charge is 0.237 e. The van der Waals surface area contributed by atoms with Gasteiger partial charge in [-0.1, -0.05) is 32.0 Å². The highest BCUT2D eigenvalue weighted by molar-refractivity contribution is 5.82. The van der Waals surface area contributed by atoms with E-state index in [-0.39, 0.29) is 18.0 Å². The molecular weight excluding hydrogens is 260 g/mol. The Morgan fingerprint density at radius 1 is 1.29 bits per heavy atom. The molecule has 0 saturated carbocycles. The summed E-state index contributed by atoms with van der Waals surface area (Å²) >= 11 is 0. The number of carbonyl (C=O) groups is 1. The predicted octanol–water partition coefficient (Wildman–Crippen LogP) is 3.06. The van der Waals surface area contributed by atoms with Crippen LogP contribution in [0.1, 0.15) is 68.2 Å². The van der Waals surface area contributed by atoms with Crippen molar-refractivity contribution in [1.82, 2.24) is 10.6 Å². The third-order valence-electron chi connectivity index (χ3n) is 4.84. The van der Waals surface area contributed by atoms with Crippen molar-refractivity contribution in [2.75, 3.05) is 6.54 Å². The molecule has 0 spiro atoms. The van der Waals surface area contributed by atoms with Crippen LogP contribution in [0.15, 0.2) is 18.2 Å². The normalized spacial score (nSPS) is 24.9. The van der Waals surface area contributed by atoms with Crippen molar-refractivity contribution in [3.8, 4) is 0 Å². The van der Waals surface area contributed by atoms with Gasteiger partial charge in [0.1, 0.15) is 0 Å². The number of fused-ring (bicyclic) bond motifs is 1. The fourth-order valence-corrected chi connectivity index (χ4v) is 3.51. The van der Waals surface area contributed by atoms with E-state index in [4.69, 9.17) is 0 Å². The molecule has 1 aromatic rings. The van der Waals surface area contributed by atoms with Gasteiger partial charge in [-0.05, 0) is 61.3 Å². The average molecular weight is 286 g/mol. The fraction of sp³-hybridized carbons (Fsp3) is 0.611. The summed E-state index contributed by atoms with van der Waals surface area (Å²) in [6, 6.07) is 7.03. The van der Waals surface area contributed by atoms with Gasteiger partial charge in [-0.2, -0.15) is 0 Å². The van der Waals surface area contributed by atoms with Gasteiger partial charge in [0, 0.05) is 0 Å². The predicted molar refractivity (Wildman–Crippen MR) is 85.4 cm³/mol. The van der Waals surface area contributed by atoms with Crippen molar-refractivity contribution >= 4 is 5.91 Å². The quantitative estimate of drug-likeness (QED) is 0.896. The fourth-order valence-electron chi connectivity index (χ4n) is 3.51. The number of amides is 1. The Hall–Kier alpha value is -1.35. The number of rotatable bonds is 3. The third-order valence-corrected chi connectivity index (χ3v) is 4.84. The minimum Gasteiger partial charge on any atom is -0.348 e. The minimum atomic E-state index is 0.0173. The lowest BCUT2D eigenvalue weighted by atomic mass is 9.85. The molecule has 1 fully saturated rings. The SMILES string of the molecule is CC(C)c1ccc2c(c1)[C@H](NC(=O)C1CCCN1)CCC2. The van der Waals surface area contributed by atoms with Crippen molar-refractivity contribution < 1.29 is 4.79 Å². The third kappa shape index (κ3) is 3.13. The number of hydrogen-bond acceptors (Lipinski definition) is 2. The molecule has 1 aliphatic heterocycles. The molecule has 3 nitrogen and oxygen atoms in total. The highest BCUT2D eigenvalue weighted by Crippen LogP contribution is 2.32. The Morgan fingerprint density at radius 2 is 2.14 bits per heavy atom. The minimum absolute atomic E-state index is 0.0173. The molecule has 1 saturated heterocycles. The number of carbonyl (C=O) groups excluding carboxylic acids is 1. The van der Waals surface area contributed by atoms with E-state index in [1.807, 2.05) is 0 Å². The van der Waals surface area contributed by atoms with Crippen LogP contribution in [0.2, 0.25) is 0 Å².